The van der Waals surface area contributed by atoms with E-state index in [1.54, 1.807) is 30.3 Å². The molecule has 1 heterocycles. The van der Waals surface area contributed by atoms with Gasteiger partial charge in [0.1, 0.15) is 0 Å². The SMILES string of the molecule is CC(=O)c1cccc(NC(=O)/C=C/c2cc(C)n(C3CC3)c2C)c1. The quantitative estimate of drug-likeness (QED) is 0.659. The average Bonchev–Trinajstić information content (AvgIpc) is 3.32. The Morgan fingerprint density at radius 3 is 2.62 bits per heavy atom. The molecule has 3 rings (SSSR count). The Morgan fingerprint density at radius 1 is 1.21 bits per heavy atom. The van der Waals surface area contributed by atoms with Crippen LogP contribution < -0.4 is 5.32 Å². The first-order valence-corrected chi connectivity index (χ1v) is 8.24. The van der Waals surface area contributed by atoms with Crippen LogP contribution in [0.4, 0.5) is 5.69 Å². The van der Waals surface area contributed by atoms with Gasteiger partial charge in [-0.05, 0) is 63.5 Å². The number of hydrogen-bond acceptors (Lipinski definition) is 2. The molecule has 2 aromatic rings. The van der Waals surface area contributed by atoms with Crippen LogP contribution in [0.25, 0.3) is 6.08 Å². The number of benzene rings is 1. The smallest absolute Gasteiger partial charge is 0.248 e. The van der Waals surface area contributed by atoms with Gasteiger partial charge in [-0.3, -0.25) is 9.59 Å². The van der Waals surface area contributed by atoms with E-state index in [0.717, 1.165) is 5.56 Å². The van der Waals surface area contributed by atoms with E-state index >= 15 is 0 Å². The molecule has 1 fully saturated rings. The van der Waals surface area contributed by atoms with Crippen molar-refractivity contribution in [1.29, 1.82) is 0 Å². The van der Waals surface area contributed by atoms with Crippen LogP contribution in [0.3, 0.4) is 0 Å². The topological polar surface area (TPSA) is 51.1 Å². The van der Waals surface area contributed by atoms with E-state index in [0.29, 0.717) is 17.3 Å². The van der Waals surface area contributed by atoms with Gasteiger partial charge in [0.15, 0.2) is 5.78 Å². The van der Waals surface area contributed by atoms with Crippen LogP contribution in [-0.4, -0.2) is 16.3 Å². The molecular formula is C20H22N2O2. The fourth-order valence-electron chi connectivity index (χ4n) is 3.03. The van der Waals surface area contributed by atoms with Crippen LogP contribution in [0.2, 0.25) is 0 Å². The monoisotopic (exact) mass is 322 g/mol. The lowest BCUT2D eigenvalue weighted by Crippen LogP contribution is -2.08. The summed E-state index contributed by atoms with van der Waals surface area (Å²) in [6.45, 7) is 5.71. The van der Waals surface area contributed by atoms with Crippen molar-refractivity contribution in [2.45, 2.75) is 39.7 Å². The zero-order chi connectivity index (χ0) is 17.3. The molecule has 0 saturated heterocycles. The van der Waals surface area contributed by atoms with Crippen LogP contribution in [0.15, 0.2) is 36.4 Å². The minimum absolute atomic E-state index is 0.0193. The standard InChI is InChI=1S/C20H22N2O2/c1-13-11-16(14(2)22(13)19-8-9-19)7-10-20(24)21-18-6-4-5-17(12-18)15(3)23/h4-7,10-12,19H,8-9H2,1-3H3,(H,21,24)/b10-7+. The highest BCUT2D eigenvalue weighted by atomic mass is 16.1. The molecule has 1 aromatic carbocycles. The lowest BCUT2D eigenvalue weighted by atomic mass is 10.1. The molecule has 24 heavy (non-hydrogen) atoms. The van der Waals surface area contributed by atoms with Crippen LogP contribution in [0.1, 0.15) is 53.1 Å². The van der Waals surface area contributed by atoms with Crippen LogP contribution in [0.5, 0.6) is 0 Å². The highest BCUT2D eigenvalue weighted by molar-refractivity contribution is 6.03. The van der Waals surface area contributed by atoms with E-state index < -0.39 is 0 Å². The minimum atomic E-state index is -0.202. The Kier molecular flexibility index (Phi) is 4.38. The zero-order valence-corrected chi connectivity index (χ0v) is 14.3. The van der Waals surface area contributed by atoms with E-state index in [1.165, 1.54) is 31.2 Å². The molecule has 1 aliphatic carbocycles. The van der Waals surface area contributed by atoms with Crippen LogP contribution in [-0.2, 0) is 4.79 Å². The van der Waals surface area contributed by atoms with Gasteiger partial charge in [0.25, 0.3) is 0 Å². The van der Waals surface area contributed by atoms with Crippen molar-refractivity contribution in [1.82, 2.24) is 4.57 Å². The number of Topliss-reactive ketones (excluding diaryl/α,β-unsaturated/α-hetero) is 1. The molecule has 0 unspecified atom stereocenters. The summed E-state index contributed by atoms with van der Waals surface area (Å²) in [7, 11) is 0. The lowest BCUT2D eigenvalue weighted by molar-refractivity contribution is -0.111. The summed E-state index contributed by atoms with van der Waals surface area (Å²) in [5.74, 6) is -0.221. The molecule has 4 heteroatoms. The van der Waals surface area contributed by atoms with Gasteiger partial charge in [-0.1, -0.05) is 12.1 Å². The number of rotatable bonds is 5. The first-order chi connectivity index (χ1) is 11.5. The van der Waals surface area contributed by atoms with Crippen LogP contribution in [0, 0.1) is 13.8 Å². The maximum absolute atomic E-state index is 12.1. The largest absolute Gasteiger partial charge is 0.346 e. The predicted molar refractivity (Wildman–Crippen MR) is 96.3 cm³/mol. The minimum Gasteiger partial charge on any atom is -0.346 e. The predicted octanol–water partition coefficient (Wildman–Crippen LogP) is 4.29. The molecular weight excluding hydrogens is 300 g/mol. The van der Waals surface area contributed by atoms with Gasteiger partial charge in [-0.15, -0.1) is 0 Å². The molecule has 0 bridgehead atoms. The summed E-state index contributed by atoms with van der Waals surface area (Å²) in [5.41, 5.74) is 4.74. The summed E-state index contributed by atoms with van der Waals surface area (Å²) in [6, 6.07) is 9.72. The number of amides is 1. The lowest BCUT2D eigenvalue weighted by Gasteiger charge is -2.06. The Hall–Kier alpha value is -2.62. The number of hydrogen-bond donors (Lipinski definition) is 1. The average molecular weight is 322 g/mol. The molecule has 1 amide bonds. The molecule has 1 aliphatic rings. The first kappa shape index (κ1) is 16.2. The summed E-state index contributed by atoms with van der Waals surface area (Å²) >= 11 is 0. The van der Waals surface area contributed by atoms with Crippen molar-refractivity contribution in [2.24, 2.45) is 0 Å². The number of aromatic nitrogens is 1. The van der Waals surface area contributed by atoms with E-state index in [-0.39, 0.29) is 11.7 Å². The van der Waals surface area contributed by atoms with Crippen molar-refractivity contribution in [3.05, 3.63) is 58.9 Å². The van der Waals surface area contributed by atoms with E-state index in [9.17, 15) is 9.59 Å². The number of nitrogens with one attached hydrogen (secondary N) is 1. The third kappa shape index (κ3) is 3.48. The fraction of sp³-hybridized carbons (Fsp3) is 0.300. The summed E-state index contributed by atoms with van der Waals surface area (Å²) in [5, 5.41) is 2.80. The summed E-state index contributed by atoms with van der Waals surface area (Å²) < 4.78 is 2.36. The molecule has 4 nitrogen and oxygen atoms in total. The number of aryl methyl sites for hydroxylation is 1. The zero-order valence-electron chi connectivity index (χ0n) is 14.3. The van der Waals surface area contributed by atoms with Crippen molar-refractivity contribution < 1.29 is 9.59 Å². The van der Waals surface area contributed by atoms with E-state index in [4.69, 9.17) is 0 Å². The molecule has 124 valence electrons. The molecule has 0 spiro atoms. The normalized spacial score (nSPS) is 14.1. The Bertz CT molecular complexity index is 826. The van der Waals surface area contributed by atoms with Gasteiger partial charge < -0.3 is 9.88 Å². The van der Waals surface area contributed by atoms with Gasteiger partial charge in [0, 0.05) is 34.8 Å². The van der Waals surface area contributed by atoms with Crippen LogP contribution >= 0.6 is 0 Å². The van der Waals surface area contributed by atoms with Gasteiger partial charge in [0.2, 0.25) is 5.91 Å². The molecule has 0 atom stereocenters. The maximum atomic E-state index is 12.1. The van der Waals surface area contributed by atoms with Crippen molar-refractivity contribution >= 4 is 23.5 Å². The second kappa shape index (κ2) is 6.48. The number of carbonyl (C=O) groups excluding carboxylic acids is 2. The summed E-state index contributed by atoms with van der Waals surface area (Å²) in [6.07, 6.45) is 5.88. The fourth-order valence-corrected chi connectivity index (χ4v) is 3.03. The molecule has 1 N–H and O–H groups in total. The number of anilines is 1. The van der Waals surface area contributed by atoms with Gasteiger partial charge in [-0.25, -0.2) is 0 Å². The molecule has 0 aliphatic heterocycles. The second-order valence-electron chi connectivity index (χ2n) is 6.39. The van der Waals surface area contributed by atoms with Crippen molar-refractivity contribution in [2.75, 3.05) is 5.32 Å². The highest BCUT2D eigenvalue weighted by Gasteiger charge is 2.26. The number of nitrogens with zero attached hydrogens (tertiary/aromatic N) is 1. The van der Waals surface area contributed by atoms with E-state index in [2.05, 4.69) is 29.8 Å². The molecule has 1 saturated carbocycles. The van der Waals surface area contributed by atoms with Crippen molar-refractivity contribution in [3.63, 3.8) is 0 Å². The third-order valence-corrected chi connectivity index (χ3v) is 4.39. The van der Waals surface area contributed by atoms with Crippen molar-refractivity contribution in [3.8, 4) is 0 Å². The third-order valence-electron chi connectivity index (χ3n) is 4.39. The van der Waals surface area contributed by atoms with Gasteiger partial charge in [0.05, 0.1) is 0 Å². The van der Waals surface area contributed by atoms with Gasteiger partial charge in [-0.2, -0.15) is 0 Å². The van der Waals surface area contributed by atoms with E-state index in [1.807, 2.05) is 6.08 Å². The second-order valence-corrected chi connectivity index (χ2v) is 6.39. The molecule has 1 aromatic heterocycles. The maximum Gasteiger partial charge on any atom is 0.248 e. The summed E-state index contributed by atoms with van der Waals surface area (Å²) in [4.78, 5) is 23.5. The number of carbonyl (C=O) groups is 2. The Morgan fingerprint density at radius 2 is 1.96 bits per heavy atom. The Balaban J connectivity index is 1.71. The Labute approximate surface area is 142 Å². The highest BCUT2D eigenvalue weighted by Crippen LogP contribution is 2.38. The van der Waals surface area contributed by atoms with Gasteiger partial charge >= 0.3 is 0 Å². The molecule has 0 radical (unpaired) electrons. The number of ketones is 1. The first-order valence-electron chi connectivity index (χ1n) is 8.24.